The van der Waals surface area contributed by atoms with E-state index in [1.54, 1.807) is 12.1 Å². The van der Waals surface area contributed by atoms with Crippen molar-refractivity contribution in [3.05, 3.63) is 33.9 Å². The summed E-state index contributed by atoms with van der Waals surface area (Å²) >= 11 is 0. The van der Waals surface area contributed by atoms with E-state index in [0.717, 1.165) is 5.56 Å². The smallest absolute Gasteiger partial charge is 0.343 e. The summed E-state index contributed by atoms with van der Waals surface area (Å²) in [5.41, 5.74) is 0.659. The molecule has 0 spiro atoms. The van der Waals surface area contributed by atoms with Crippen LogP contribution in [0.1, 0.15) is 19.4 Å². The number of hydrogen-bond acceptors (Lipinski definition) is 6. The number of rotatable bonds is 7. The second kappa shape index (κ2) is 7.44. The molecule has 0 aromatic heterocycles. The van der Waals surface area contributed by atoms with Gasteiger partial charge in [0.1, 0.15) is 0 Å². The maximum Gasteiger partial charge on any atom is 0.343 e. The van der Waals surface area contributed by atoms with Gasteiger partial charge >= 0.3 is 11.7 Å². The van der Waals surface area contributed by atoms with E-state index >= 15 is 0 Å². The molecule has 0 aliphatic rings. The summed E-state index contributed by atoms with van der Waals surface area (Å²) < 4.78 is 9.59. The molecule has 0 atom stereocenters. The van der Waals surface area contributed by atoms with E-state index < -0.39 is 10.9 Å². The third-order valence-corrected chi connectivity index (χ3v) is 2.51. The second-order valence-corrected chi connectivity index (χ2v) is 4.46. The number of benzene rings is 1. The Morgan fingerprint density at radius 1 is 1.45 bits per heavy atom. The molecule has 20 heavy (non-hydrogen) atoms. The fourth-order valence-electron chi connectivity index (χ4n) is 1.45. The molecule has 1 rings (SSSR count). The van der Waals surface area contributed by atoms with Crippen LogP contribution in [0.4, 0.5) is 5.69 Å². The van der Waals surface area contributed by atoms with Crippen molar-refractivity contribution < 1.29 is 19.2 Å². The molecular weight excluding hydrogens is 264 g/mol. The van der Waals surface area contributed by atoms with Gasteiger partial charge in [0.25, 0.3) is 0 Å². The van der Waals surface area contributed by atoms with Crippen LogP contribution in [0.3, 0.4) is 0 Å². The lowest BCUT2D eigenvalue weighted by molar-refractivity contribution is -0.385. The molecule has 0 radical (unpaired) electrons. The maximum atomic E-state index is 11.0. The molecule has 0 saturated carbocycles. The van der Waals surface area contributed by atoms with E-state index in [1.165, 1.54) is 13.2 Å². The van der Waals surface area contributed by atoms with Crippen LogP contribution in [0.5, 0.6) is 5.75 Å². The number of carbonyl (C=O) groups is 1. The molecule has 0 aliphatic heterocycles. The lowest BCUT2D eigenvalue weighted by atomic mass is 10.2. The van der Waals surface area contributed by atoms with Gasteiger partial charge in [-0.1, -0.05) is 19.9 Å². The molecule has 7 nitrogen and oxygen atoms in total. The van der Waals surface area contributed by atoms with Crippen molar-refractivity contribution in [2.75, 3.05) is 13.7 Å². The molecule has 0 saturated heterocycles. The minimum absolute atomic E-state index is 0.0588. The number of nitrogens with one attached hydrogen (secondary N) is 1. The molecule has 1 aromatic rings. The van der Waals surface area contributed by atoms with Gasteiger partial charge < -0.3 is 14.8 Å². The highest BCUT2D eigenvalue weighted by Gasteiger charge is 2.17. The van der Waals surface area contributed by atoms with Gasteiger partial charge in [-0.2, -0.15) is 0 Å². The highest BCUT2D eigenvalue weighted by Crippen LogP contribution is 2.28. The first-order chi connectivity index (χ1) is 9.43. The zero-order chi connectivity index (χ0) is 15.1. The Kier molecular flexibility index (Phi) is 5.92. The van der Waals surface area contributed by atoms with Crippen LogP contribution in [-0.2, 0) is 16.1 Å². The standard InChI is InChI=1S/C13H18N2O5/c1-9(2)14-7-10-4-5-11(15(17)18)12(6-10)20-8-13(16)19-3/h4-6,9,14H,7-8H2,1-3H3. The molecule has 0 amide bonds. The summed E-state index contributed by atoms with van der Waals surface area (Å²) in [5, 5.41) is 14.1. The summed E-state index contributed by atoms with van der Waals surface area (Å²) in [5.74, 6) is -0.534. The van der Waals surface area contributed by atoms with Crippen LogP contribution >= 0.6 is 0 Å². The van der Waals surface area contributed by atoms with Gasteiger partial charge in [-0.15, -0.1) is 0 Å². The molecule has 110 valence electrons. The normalized spacial score (nSPS) is 10.4. The number of ether oxygens (including phenoxy) is 2. The van der Waals surface area contributed by atoms with Crippen LogP contribution in [-0.4, -0.2) is 30.7 Å². The van der Waals surface area contributed by atoms with Crippen molar-refractivity contribution in [1.29, 1.82) is 0 Å². The van der Waals surface area contributed by atoms with E-state index in [9.17, 15) is 14.9 Å². The Labute approximate surface area is 117 Å². The van der Waals surface area contributed by atoms with Crippen LogP contribution < -0.4 is 10.1 Å². The topological polar surface area (TPSA) is 90.7 Å². The number of nitro benzene ring substituents is 1. The fourth-order valence-corrected chi connectivity index (χ4v) is 1.45. The van der Waals surface area contributed by atoms with Gasteiger partial charge in [0.05, 0.1) is 12.0 Å². The Bertz CT molecular complexity index is 488. The molecule has 0 fully saturated rings. The van der Waals surface area contributed by atoms with E-state index in [1.807, 2.05) is 13.8 Å². The molecule has 0 unspecified atom stereocenters. The summed E-state index contributed by atoms with van der Waals surface area (Å²) in [4.78, 5) is 21.4. The van der Waals surface area contributed by atoms with Crippen LogP contribution in [0, 0.1) is 10.1 Å². The Morgan fingerprint density at radius 3 is 2.70 bits per heavy atom. The van der Waals surface area contributed by atoms with Gasteiger partial charge in [0.2, 0.25) is 0 Å². The van der Waals surface area contributed by atoms with Crippen LogP contribution in [0.25, 0.3) is 0 Å². The zero-order valence-corrected chi connectivity index (χ0v) is 11.7. The SMILES string of the molecule is COC(=O)COc1cc(CNC(C)C)ccc1[N+](=O)[O-]. The summed E-state index contributed by atoms with van der Waals surface area (Å²) in [6.07, 6.45) is 0. The predicted molar refractivity (Wildman–Crippen MR) is 72.6 cm³/mol. The number of carbonyl (C=O) groups excluding carboxylic acids is 1. The Balaban J connectivity index is 2.87. The zero-order valence-electron chi connectivity index (χ0n) is 11.7. The third kappa shape index (κ3) is 4.85. The fraction of sp³-hybridized carbons (Fsp3) is 0.462. The van der Waals surface area contributed by atoms with E-state index in [2.05, 4.69) is 10.1 Å². The first kappa shape index (κ1) is 15.9. The van der Waals surface area contributed by atoms with Crippen LogP contribution in [0.2, 0.25) is 0 Å². The minimum Gasteiger partial charge on any atom is -0.475 e. The molecule has 0 aliphatic carbocycles. The largest absolute Gasteiger partial charge is 0.475 e. The molecule has 7 heteroatoms. The number of nitrogens with zero attached hydrogens (tertiary/aromatic N) is 1. The quantitative estimate of drug-likeness (QED) is 0.464. The van der Waals surface area contributed by atoms with Gasteiger partial charge in [-0.3, -0.25) is 10.1 Å². The average molecular weight is 282 g/mol. The van der Waals surface area contributed by atoms with Crippen molar-refractivity contribution in [2.24, 2.45) is 0 Å². The molecule has 0 bridgehead atoms. The highest BCUT2D eigenvalue weighted by atomic mass is 16.6. The van der Waals surface area contributed by atoms with Crippen molar-refractivity contribution in [3.8, 4) is 5.75 Å². The number of nitro groups is 1. The third-order valence-electron chi connectivity index (χ3n) is 2.51. The number of esters is 1. The van der Waals surface area contributed by atoms with E-state index in [-0.39, 0.29) is 18.0 Å². The summed E-state index contributed by atoms with van der Waals surface area (Å²) in [6, 6.07) is 4.86. The van der Waals surface area contributed by atoms with Crippen LogP contribution in [0.15, 0.2) is 18.2 Å². The van der Waals surface area contributed by atoms with Crippen molar-refractivity contribution in [2.45, 2.75) is 26.4 Å². The van der Waals surface area contributed by atoms with E-state index in [4.69, 9.17) is 4.74 Å². The van der Waals surface area contributed by atoms with Gasteiger partial charge in [-0.25, -0.2) is 4.79 Å². The molecular formula is C13H18N2O5. The average Bonchev–Trinajstić information content (AvgIpc) is 2.42. The lowest BCUT2D eigenvalue weighted by Gasteiger charge is -2.10. The maximum absolute atomic E-state index is 11.0. The molecule has 1 aromatic carbocycles. The molecule has 0 heterocycles. The first-order valence-corrected chi connectivity index (χ1v) is 6.14. The number of methoxy groups -OCH3 is 1. The highest BCUT2D eigenvalue weighted by molar-refractivity contribution is 5.71. The van der Waals surface area contributed by atoms with Gasteiger partial charge in [-0.05, 0) is 11.6 Å². The van der Waals surface area contributed by atoms with Gasteiger partial charge in [0, 0.05) is 18.7 Å². The predicted octanol–water partition coefficient (Wildman–Crippen LogP) is 1.64. The Hall–Kier alpha value is -2.15. The Morgan fingerprint density at radius 2 is 2.15 bits per heavy atom. The van der Waals surface area contributed by atoms with Gasteiger partial charge in [0.15, 0.2) is 12.4 Å². The van der Waals surface area contributed by atoms with Crippen molar-refractivity contribution in [3.63, 3.8) is 0 Å². The first-order valence-electron chi connectivity index (χ1n) is 6.14. The van der Waals surface area contributed by atoms with E-state index in [0.29, 0.717) is 12.6 Å². The number of hydrogen-bond donors (Lipinski definition) is 1. The molecule has 1 N–H and O–H groups in total. The minimum atomic E-state index is -0.593. The summed E-state index contributed by atoms with van der Waals surface area (Å²) in [6.45, 7) is 4.20. The van der Waals surface area contributed by atoms with Crippen molar-refractivity contribution in [1.82, 2.24) is 5.32 Å². The monoisotopic (exact) mass is 282 g/mol. The second-order valence-electron chi connectivity index (χ2n) is 4.46. The lowest BCUT2D eigenvalue weighted by Crippen LogP contribution is -2.21. The summed E-state index contributed by atoms with van der Waals surface area (Å²) in [7, 11) is 1.23. The van der Waals surface area contributed by atoms with Crippen molar-refractivity contribution >= 4 is 11.7 Å².